The molecule has 0 aliphatic rings. The first-order chi connectivity index (χ1) is 16.3. The number of benzene rings is 2. The summed E-state index contributed by atoms with van der Waals surface area (Å²) in [5.41, 5.74) is 7.41. The molecular formula is C24H21FN6O3. The molecule has 2 heterocycles. The van der Waals surface area contributed by atoms with Gasteiger partial charge in [0.15, 0.2) is 0 Å². The molecule has 4 N–H and O–H groups in total. The lowest BCUT2D eigenvalue weighted by Gasteiger charge is -2.11. The molecule has 2 aromatic heterocycles. The van der Waals surface area contributed by atoms with Gasteiger partial charge >= 0.3 is 0 Å². The summed E-state index contributed by atoms with van der Waals surface area (Å²) in [5.74, 6) is -2.17. The molecule has 0 aliphatic heterocycles. The lowest BCUT2D eigenvalue weighted by Crippen LogP contribution is -2.25. The fourth-order valence-electron chi connectivity index (χ4n) is 3.63. The highest BCUT2D eigenvalue weighted by molar-refractivity contribution is 6.15. The van der Waals surface area contributed by atoms with E-state index in [1.165, 1.54) is 29.9 Å². The number of primary amides is 1. The summed E-state index contributed by atoms with van der Waals surface area (Å²) >= 11 is 0. The van der Waals surface area contributed by atoms with E-state index in [2.05, 4.69) is 20.7 Å². The zero-order chi connectivity index (χ0) is 24.4. The van der Waals surface area contributed by atoms with Crippen molar-refractivity contribution < 1.29 is 18.8 Å². The fraction of sp³-hybridized carbons (Fsp3) is 0.125. The van der Waals surface area contributed by atoms with Crippen LogP contribution in [0.1, 0.15) is 42.6 Å². The van der Waals surface area contributed by atoms with E-state index in [1.807, 2.05) is 0 Å². The lowest BCUT2D eigenvalue weighted by molar-refractivity contribution is 0.0952. The monoisotopic (exact) mass is 460 g/mol. The highest BCUT2D eigenvalue weighted by Crippen LogP contribution is 2.25. The molecule has 0 atom stereocenters. The number of aromatic nitrogens is 3. The molecule has 0 spiro atoms. The molecule has 0 radical (unpaired) electrons. The van der Waals surface area contributed by atoms with Crippen LogP contribution in [-0.2, 0) is 6.54 Å². The quantitative estimate of drug-likeness (QED) is 0.407. The molecule has 9 nitrogen and oxygen atoms in total. The maximum atomic E-state index is 13.3. The van der Waals surface area contributed by atoms with Gasteiger partial charge in [-0.3, -0.25) is 19.1 Å². The van der Waals surface area contributed by atoms with Gasteiger partial charge in [-0.05, 0) is 36.8 Å². The number of hydrogen-bond acceptors (Lipinski definition) is 5. The van der Waals surface area contributed by atoms with Gasteiger partial charge in [-0.25, -0.2) is 9.37 Å². The van der Waals surface area contributed by atoms with Crippen LogP contribution in [0.5, 0.6) is 0 Å². The van der Waals surface area contributed by atoms with Crippen LogP contribution in [0.2, 0.25) is 0 Å². The average Bonchev–Trinajstić information content (AvgIpc) is 3.13. The van der Waals surface area contributed by atoms with Crippen LogP contribution in [0.4, 0.5) is 10.1 Å². The van der Waals surface area contributed by atoms with Gasteiger partial charge in [0.25, 0.3) is 17.7 Å². The molecule has 10 heteroatoms. The van der Waals surface area contributed by atoms with Gasteiger partial charge in [0.05, 0.1) is 29.0 Å². The maximum absolute atomic E-state index is 13.3. The average molecular weight is 460 g/mol. The first-order valence-corrected chi connectivity index (χ1v) is 10.3. The summed E-state index contributed by atoms with van der Waals surface area (Å²) in [6.45, 7) is 1.84. The van der Waals surface area contributed by atoms with Crippen LogP contribution in [0.15, 0.2) is 54.6 Å². The van der Waals surface area contributed by atoms with Crippen molar-refractivity contribution in [2.45, 2.75) is 13.5 Å². The van der Waals surface area contributed by atoms with Gasteiger partial charge in [-0.15, -0.1) is 0 Å². The number of carbonyl (C=O) groups excluding carboxylic acids is 3. The fourth-order valence-corrected chi connectivity index (χ4v) is 3.63. The zero-order valence-electron chi connectivity index (χ0n) is 18.4. The van der Waals surface area contributed by atoms with Crippen LogP contribution >= 0.6 is 0 Å². The normalized spacial score (nSPS) is 10.8. The van der Waals surface area contributed by atoms with Crippen molar-refractivity contribution in [2.75, 3.05) is 12.4 Å². The molecule has 0 aliphatic carbocycles. The number of rotatable bonds is 6. The van der Waals surface area contributed by atoms with Crippen molar-refractivity contribution in [1.82, 2.24) is 20.1 Å². The molecule has 0 saturated heterocycles. The summed E-state index contributed by atoms with van der Waals surface area (Å²) in [4.78, 5) is 42.0. The van der Waals surface area contributed by atoms with Crippen molar-refractivity contribution in [1.29, 1.82) is 0 Å². The van der Waals surface area contributed by atoms with Crippen molar-refractivity contribution in [3.05, 3.63) is 88.6 Å². The number of para-hydroxylation sites is 1. The van der Waals surface area contributed by atoms with E-state index in [-0.39, 0.29) is 35.0 Å². The zero-order valence-corrected chi connectivity index (χ0v) is 18.4. The Kier molecular flexibility index (Phi) is 6.05. The minimum Gasteiger partial charge on any atom is -0.364 e. The van der Waals surface area contributed by atoms with E-state index in [1.54, 1.807) is 43.3 Å². The number of anilines is 1. The standard InChI is InChI=1S/C24H21FN6O3/c1-13-20(21(24(34)27-2)31(30-13)12-14-7-9-15(25)10-8-14)29-23(33)17-11-19(22(26)32)28-18-6-4-3-5-16(17)18/h3-11H,12H2,1-2H3,(H2,26,32)(H,27,34)(H,29,33). The number of nitrogens with one attached hydrogen (secondary N) is 2. The second kappa shape index (κ2) is 9.10. The first-order valence-electron chi connectivity index (χ1n) is 10.3. The van der Waals surface area contributed by atoms with E-state index in [4.69, 9.17) is 5.73 Å². The largest absolute Gasteiger partial charge is 0.364 e. The van der Waals surface area contributed by atoms with Gasteiger partial charge in [-0.2, -0.15) is 5.10 Å². The molecule has 4 aromatic rings. The number of fused-ring (bicyclic) bond motifs is 1. The van der Waals surface area contributed by atoms with Gasteiger partial charge in [0, 0.05) is 12.4 Å². The van der Waals surface area contributed by atoms with Gasteiger partial charge in [-0.1, -0.05) is 30.3 Å². The molecule has 34 heavy (non-hydrogen) atoms. The van der Waals surface area contributed by atoms with Crippen LogP contribution in [0.3, 0.4) is 0 Å². The third-order valence-corrected chi connectivity index (χ3v) is 5.27. The summed E-state index contributed by atoms with van der Waals surface area (Å²) in [7, 11) is 1.47. The summed E-state index contributed by atoms with van der Waals surface area (Å²) < 4.78 is 14.7. The summed E-state index contributed by atoms with van der Waals surface area (Å²) in [6.07, 6.45) is 0. The third kappa shape index (κ3) is 4.33. The topological polar surface area (TPSA) is 132 Å². The molecular weight excluding hydrogens is 439 g/mol. The van der Waals surface area contributed by atoms with E-state index >= 15 is 0 Å². The molecule has 0 unspecified atom stereocenters. The number of amides is 3. The smallest absolute Gasteiger partial charge is 0.271 e. The van der Waals surface area contributed by atoms with Gasteiger partial charge in [0.1, 0.15) is 17.2 Å². The van der Waals surface area contributed by atoms with Crippen molar-refractivity contribution in [3.8, 4) is 0 Å². The van der Waals surface area contributed by atoms with Crippen molar-refractivity contribution in [3.63, 3.8) is 0 Å². The number of nitrogens with zero attached hydrogens (tertiary/aromatic N) is 3. The molecule has 2 aromatic carbocycles. The number of pyridine rings is 1. The highest BCUT2D eigenvalue weighted by Gasteiger charge is 2.24. The summed E-state index contributed by atoms with van der Waals surface area (Å²) in [5, 5.41) is 10.2. The number of hydrogen-bond donors (Lipinski definition) is 3. The Labute approximate surface area is 193 Å². The Morgan fingerprint density at radius 2 is 1.76 bits per heavy atom. The van der Waals surface area contributed by atoms with E-state index in [9.17, 15) is 18.8 Å². The van der Waals surface area contributed by atoms with Crippen LogP contribution < -0.4 is 16.4 Å². The number of carbonyl (C=O) groups is 3. The Bertz CT molecular complexity index is 1430. The number of aryl methyl sites for hydroxylation is 1. The Morgan fingerprint density at radius 3 is 2.44 bits per heavy atom. The molecule has 3 amide bonds. The molecule has 172 valence electrons. The number of halogens is 1. The molecule has 0 fully saturated rings. The molecule has 0 bridgehead atoms. The van der Waals surface area contributed by atoms with Crippen LogP contribution in [-0.4, -0.2) is 39.5 Å². The predicted octanol–water partition coefficient (Wildman–Crippen LogP) is 2.64. The van der Waals surface area contributed by atoms with E-state index in [0.717, 1.165) is 5.56 Å². The highest BCUT2D eigenvalue weighted by atomic mass is 19.1. The molecule has 0 saturated carbocycles. The second-order valence-electron chi connectivity index (χ2n) is 7.56. The first kappa shape index (κ1) is 22.6. The van der Waals surface area contributed by atoms with Gasteiger partial charge in [0.2, 0.25) is 0 Å². The lowest BCUT2D eigenvalue weighted by atomic mass is 10.1. The summed E-state index contributed by atoms with van der Waals surface area (Å²) in [6, 6.07) is 14.0. The Morgan fingerprint density at radius 1 is 1.06 bits per heavy atom. The van der Waals surface area contributed by atoms with E-state index in [0.29, 0.717) is 16.6 Å². The Balaban J connectivity index is 1.76. The predicted molar refractivity (Wildman–Crippen MR) is 124 cm³/mol. The van der Waals surface area contributed by atoms with Crippen molar-refractivity contribution in [2.24, 2.45) is 5.73 Å². The van der Waals surface area contributed by atoms with Crippen molar-refractivity contribution >= 4 is 34.3 Å². The van der Waals surface area contributed by atoms with Crippen LogP contribution in [0, 0.1) is 12.7 Å². The van der Waals surface area contributed by atoms with E-state index < -0.39 is 17.7 Å². The Hall–Kier alpha value is -4.60. The SMILES string of the molecule is CNC(=O)c1c(NC(=O)c2cc(C(N)=O)nc3ccccc23)c(C)nn1Cc1ccc(F)cc1. The third-order valence-electron chi connectivity index (χ3n) is 5.27. The minimum atomic E-state index is -0.769. The minimum absolute atomic E-state index is 0.0564. The second-order valence-corrected chi connectivity index (χ2v) is 7.56. The van der Waals surface area contributed by atoms with Gasteiger partial charge < -0.3 is 16.4 Å². The number of nitrogens with two attached hydrogens (primary N) is 1. The maximum Gasteiger partial charge on any atom is 0.271 e. The molecule has 4 rings (SSSR count). The van der Waals surface area contributed by atoms with Crippen LogP contribution in [0.25, 0.3) is 10.9 Å².